The molecule has 1 saturated heterocycles. The van der Waals surface area contributed by atoms with Crippen LogP contribution in [-0.4, -0.2) is 31.6 Å². The number of nitrogens with zero attached hydrogens (tertiary/aromatic N) is 1. The van der Waals surface area contributed by atoms with Crippen molar-refractivity contribution in [3.8, 4) is 0 Å². The minimum Gasteiger partial charge on any atom is -0.358 e. The van der Waals surface area contributed by atoms with Crippen LogP contribution in [0.3, 0.4) is 0 Å². The zero-order chi connectivity index (χ0) is 15.4. The maximum atomic E-state index is 13.6. The van der Waals surface area contributed by atoms with Crippen LogP contribution in [0.1, 0.15) is 38.8 Å². The summed E-state index contributed by atoms with van der Waals surface area (Å²) < 4.78 is 13.6. The highest BCUT2D eigenvalue weighted by Gasteiger charge is 2.28. The van der Waals surface area contributed by atoms with E-state index in [-0.39, 0.29) is 23.8 Å². The molecule has 2 N–H and O–H groups in total. The third-order valence-electron chi connectivity index (χ3n) is 3.96. The van der Waals surface area contributed by atoms with Gasteiger partial charge >= 0.3 is 0 Å². The summed E-state index contributed by atoms with van der Waals surface area (Å²) in [6.07, 6.45) is 1.03. The van der Waals surface area contributed by atoms with Crippen LogP contribution >= 0.6 is 0 Å². The normalized spacial score (nSPS) is 20.3. The first-order valence-electron chi connectivity index (χ1n) is 7.61. The SMILES string of the molecule is CCCNC(C)c1cc(F)ccc1N1CCNC(=O)C1C. The van der Waals surface area contributed by atoms with Crippen LogP contribution < -0.4 is 15.5 Å². The van der Waals surface area contributed by atoms with Crippen molar-refractivity contribution in [2.24, 2.45) is 0 Å². The van der Waals surface area contributed by atoms with Gasteiger partial charge in [-0.25, -0.2) is 4.39 Å². The molecule has 0 radical (unpaired) electrons. The highest BCUT2D eigenvalue weighted by molar-refractivity contribution is 5.86. The van der Waals surface area contributed by atoms with Gasteiger partial charge in [-0.2, -0.15) is 0 Å². The summed E-state index contributed by atoms with van der Waals surface area (Å²) >= 11 is 0. The summed E-state index contributed by atoms with van der Waals surface area (Å²) in [6, 6.07) is 4.63. The number of piperazine rings is 1. The first kappa shape index (κ1) is 15.8. The Morgan fingerprint density at radius 1 is 1.52 bits per heavy atom. The van der Waals surface area contributed by atoms with Crippen LogP contribution in [0.2, 0.25) is 0 Å². The zero-order valence-electron chi connectivity index (χ0n) is 12.9. The second-order valence-corrected chi connectivity index (χ2v) is 5.54. The van der Waals surface area contributed by atoms with Crippen molar-refractivity contribution in [3.63, 3.8) is 0 Å². The largest absolute Gasteiger partial charge is 0.358 e. The van der Waals surface area contributed by atoms with Crippen molar-refractivity contribution >= 4 is 11.6 Å². The van der Waals surface area contributed by atoms with Crippen LogP contribution in [0.15, 0.2) is 18.2 Å². The lowest BCUT2D eigenvalue weighted by molar-refractivity contribution is -0.122. The third kappa shape index (κ3) is 3.53. The van der Waals surface area contributed by atoms with Crippen molar-refractivity contribution in [1.29, 1.82) is 0 Å². The minimum absolute atomic E-state index is 0.0192. The van der Waals surface area contributed by atoms with Crippen molar-refractivity contribution < 1.29 is 9.18 Å². The molecule has 1 aliphatic rings. The molecule has 1 aliphatic heterocycles. The lowest BCUT2D eigenvalue weighted by atomic mass is 10.0. The van der Waals surface area contributed by atoms with Gasteiger partial charge in [0.2, 0.25) is 5.91 Å². The molecule has 1 heterocycles. The van der Waals surface area contributed by atoms with E-state index in [0.29, 0.717) is 6.54 Å². The number of carbonyl (C=O) groups is 1. The maximum absolute atomic E-state index is 13.6. The number of carbonyl (C=O) groups excluding carboxylic acids is 1. The summed E-state index contributed by atoms with van der Waals surface area (Å²) in [5.41, 5.74) is 1.85. The Balaban J connectivity index is 2.31. The second-order valence-electron chi connectivity index (χ2n) is 5.54. The molecule has 0 aliphatic carbocycles. The van der Waals surface area contributed by atoms with Gasteiger partial charge in [-0.3, -0.25) is 4.79 Å². The van der Waals surface area contributed by atoms with Gasteiger partial charge in [-0.15, -0.1) is 0 Å². The monoisotopic (exact) mass is 293 g/mol. The van der Waals surface area contributed by atoms with Crippen LogP contribution in [0.25, 0.3) is 0 Å². The lowest BCUT2D eigenvalue weighted by Crippen LogP contribution is -2.54. The molecule has 4 nitrogen and oxygen atoms in total. The first-order chi connectivity index (χ1) is 10.0. The van der Waals surface area contributed by atoms with E-state index in [1.807, 2.05) is 13.8 Å². The second kappa shape index (κ2) is 6.89. The highest BCUT2D eigenvalue weighted by atomic mass is 19.1. The van der Waals surface area contributed by atoms with E-state index in [9.17, 15) is 9.18 Å². The van der Waals surface area contributed by atoms with Gasteiger partial charge in [0.25, 0.3) is 0 Å². The van der Waals surface area contributed by atoms with Crippen molar-refractivity contribution in [2.45, 2.75) is 39.3 Å². The van der Waals surface area contributed by atoms with Crippen LogP contribution in [0.4, 0.5) is 10.1 Å². The Morgan fingerprint density at radius 2 is 2.29 bits per heavy atom. The molecule has 21 heavy (non-hydrogen) atoms. The number of hydrogen-bond acceptors (Lipinski definition) is 3. The van der Waals surface area contributed by atoms with Gasteiger partial charge in [0.15, 0.2) is 0 Å². The Morgan fingerprint density at radius 3 is 3.00 bits per heavy atom. The standard InChI is InChI=1S/C16H24FN3O/c1-4-7-18-11(2)14-10-13(17)5-6-15(14)20-9-8-19-16(21)12(20)3/h5-6,10-12,18H,4,7-9H2,1-3H3,(H,19,21). The van der Waals surface area contributed by atoms with Crippen molar-refractivity contribution in [3.05, 3.63) is 29.6 Å². The van der Waals surface area contributed by atoms with Gasteiger partial charge in [-0.05, 0) is 50.6 Å². The van der Waals surface area contributed by atoms with Gasteiger partial charge < -0.3 is 15.5 Å². The number of hydrogen-bond donors (Lipinski definition) is 2. The summed E-state index contributed by atoms with van der Waals surface area (Å²) in [5, 5.41) is 6.24. The van der Waals surface area contributed by atoms with E-state index in [4.69, 9.17) is 0 Å². The molecule has 2 rings (SSSR count). The van der Waals surface area contributed by atoms with E-state index in [1.54, 1.807) is 12.1 Å². The molecule has 5 heteroatoms. The zero-order valence-corrected chi connectivity index (χ0v) is 12.9. The molecule has 1 fully saturated rings. The quantitative estimate of drug-likeness (QED) is 0.875. The van der Waals surface area contributed by atoms with Gasteiger partial charge in [0, 0.05) is 24.8 Å². The van der Waals surface area contributed by atoms with Crippen LogP contribution in [0.5, 0.6) is 0 Å². The minimum atomic E-state index is -0.243. The number of nitrogens with one attached hydrogen (secondary N) is 2. The summed E-state index contributed by atoms with van der Waals surface area (Å²) in [4.78, 5) is 13.9. The predicted molar refractivity (Wildman–Crippen MR) is 82.9 cm³/mol. The van der Waals surface area contributed by atoms with Gasteiger partial charge in [0.05, 0.1) is 0 Å². The van der Waals surface area contributed by atoms with E-state index in [2.05, 4.69) is 22.5 Å². The Labute approximate surface area is 125 Å². The molecular weight excluding hydrogens is 269 g/mol. The molecular formula is C16H24FN3O. The van der Waals surface area contributed by atoms with E-state index in [1.165, 1.54) is 6.07 Å². The van der Waals surface area contributed by atoms with Crippen molar-refractivity contribution in [1.82, 2.24) is 10.6 Å². The van der Waals surface area contributed by atoms with E-state index in [0.717, 1.165) is 30.8 Å². The fraction of sp³-hybridized carbons (Fsp3) is 0.562. The molecule has 0 spiro atoms. The molecule has 0 aromatic heterocycles. The fourth-order valence-corrected chi connectivity index (χ4v) is 2.72. The Kier molecular flexibility index (Phi) is 5.17. The first-order valence-corrected chi connectivity index (χ1v) is 7.61. The van der Waals surface area contributed by atoms with Gasteiger partial charge in [-0.1, -0.05) is 6.92 Å². The predicted octanol–water partition coefficient (Wildman–Crippen LogP) is 2.21. The lowest BCUT2D eigenvalue weighted by Gasteiger charge is -2.36. The van der Waals surface area contributed by atoms with E-state index >= 15 is 0 Å². The number of amides is 1. The van der Waals surface area contributed by atoms with Crippen molar-refractivity contribution in [2.75, 3.05) is 24.5 Å². The number of rotatable bonds is 5. The van der Waals surface area contributed by atoms with Gasteiger partial charge in [0.1, 0.15) is 11.9 Å². The Bertz CT molecular complexity index is 506. The van der Waals surface area contributed by atoms with Crippen LogP contribution in [0, 0.1) is 5.82 Å². The van der Waals surface area contributed by atoms with Crippen LogP contribution in [-0.2, 0) is 4.79 Å². The summed E-state index contributed by atoms with van der Waals surface area (Å²) in [7, 11) is 0. The molecule has 1 aromatic rings. The molecule has 116 valence electrons. The fourth-order valence-electron chi connectivity index (χ4n) is 2.72. The molecule has 0 saturated carbocycles. The summed E-state index contributed by atoms with van der Waals surface area (Å²) in [6.45, 7) is 8.26. The highest BCUT2D eigenvalue weighted by Crippen LogP contribution is 2.29. The molecule has 1 amide bonds. The average molecular weight is 293 g/mol. The molecule has 2 atom stereocenters. The molecule has 1 aromatic carbocycles. The molecule has 2 unspecified atom stereocenters. The third-order valence-corrected chi connectivity index (χ3v) is 3.96. The smallest absolute Gasteiger partial charge is 0.242 e. The number of anilines is 1. The number of benzene rings is 1. The topological polar surface area (TPSA) is 44.4 Å². The molecule has 0 bridgehead atoms. The summed E-state index contributed by atoms with van der Waals surface area (Å²) in [5.74, 6) is -0.223. The van der Waals surface area contributed by atoms with E-state index < -0.39 is 0 Å². The number of halogens is 1. The Hall–Kier alpha value is -1.62. The maximum Gasteiger partial charge on any atom is 0.242 e. The average Bonchev–Trinajstić information content (AvgIpc) is 2.48.